The highest BCUT2D eigenvalue weighted by Gasteiger charge is 2.35. The Bertz CT molecular complexity index is 423. The summed E-state index contributed by atoms with van der Waals surface area (Å²) in [4.78, 5) is 23.0. The van der Waals surface area contributed by atoms with Gasteiger partial charge in [-0.15, -0.1) is 0 Å². The van der Waals surface area contributed by atoms with E-state index in [9.17, 15) is 9.59 Å². The van der Waals surface area contributed by atoms with Crippen molar-refractivity contribution in [2.24, 2.45) is 7.05 Å². The third-order valence-corrected chi connectivity index (χ3v) is 2.53. The van der Waals surface area contributed by atoms with Crippen LogP contribution in [0.2, 0.25) is 0 Å². The van der Waals surface area contributed by atoms with Crippen LogP contribution in [0.1, 0.15) is 23.8 Å². The van der Waals surface area contributed by atoms with E-state index in [0.29, 0.717) is 12.1 Å². The molecule has 1 aromatic rings. The highest BCUT2D eigenvalue weighted by Crippen LogP contribution is 2.18. The van der Waals surface area contributed by atoms with Crippen LogP contribution in [0.15, 0.2) is 18.3 Å². The number of aryl methyl sites for hydroxylation is 1. The minimum Gasteiger partial charge on any atom is -0.460 e. The van der Waals surface area contributed by atoms with Gasteiger partial charge in [0.15, 0.2) is 0 Å². The van der Waals surface area contributed by atoms with Gasteiger partial charge in [0.05, 0.1) is 0 Å². The topological polar surface area (TPSA) is 57.5 Å². The first-order chi connectivity index (χ1) is 7.58. The summed E-state index contributed by atoms with van der Waals surface area (Å²) in [5, 5.41) is 0. The molecule has 5 nitrogen and oxygen atoms in total. The van der Waals surface area contributed by atoms with Crippen LogP contribution in [-0.2, 0) is 21.3 Å². The van der Waals surface area contributed by atoms with Crippen LogP contribution in [0.3, 0.4) is 0 Å². The summed E-state index contributed by atoms with van der Waals surface area (Å²) < 4.78 is 11.6. The largest absolute Gasteiger partial charge is 0.460 e. The molecule has 1 saturated heterocycles. The Morgan fingerprint density at radius 2 is 2.38 bits per heavy atom. The third kappa shape index (κ3) is 1.93. The second-order valence-corrected chi connectivity index (χ2v) is 3.88. The fourth-order valence-electron chi connectivity index (χ4n) is 1.68. The Morgan fingerprint density at radius 3 is 2.88 bits per heavy atom. The van der Waals surface area contributed by atoms with E-state index in [2.05, 4.69) is 0 Å². The molecule has 2 rings (SSSR count). The molecule has 2 heterocycles. The maximum Gasteiger partial charge on any atom is 0.355 e. The normalized spacial score (nSPS) is 24.2. The molecular formula is C11H13NO4. The van der Waals surface area contributed by atoms with E-state index in [1.165, 1.54) is 0 Å². The number of carbonyl (C=O) groups excluding carboxylic acids is 2. The van der Waals surface area contributed by atoms with Gasteiger partial charge < -0.3 is 14.0 Å². The van der Waals surface area contributed by atoms with Gasteiger partial charge in [-0.05, 0) is 19.1 Å². The van der Waals surface area contributed by atoms with Gasteiger partial charge in [-0.3, -0.25) is 0 Å². The molecule has 0 bridgehead atoms. The van der Waals surface area contributed by atoms with Crippen LogP contribution < -0.4 is 0 Å². The molecular weight excluding hydrogens is 210 g/mol. The highest BCUT2D eigenvalue weighted by atomic mass is 16.6. The number of esters is 2. The van der Waals surface area contributed by atoms with Crippen LogP contribution in [0.4, 0.5) is 0 Å². The Hall–Kier alpha value is -1.78. The molecule has 0 radical (unpaired) electrons. The zero-order valence-electron chi connectivity index (χ0n) is 9.17. The van der Waals surface area contributed by atoms with E-state index in [1.54, 1.807) is 36.9 Å². The average Bonchev–Trinajstić information content (AvgIpc) is 2.74. The molecule has 5 heteroatoms. The molecule has 2 atom stereocenters. The van der Waals surface area contributed by atoms with Crippen molar-refractivity contribution >= 4 is 11.9 Å². The van der Waals surface area contributed by atoms with Crippen molar-refractivity contribution in [3.05, 3.63) is 24.0 Å². The number of hydrogen-bond acceptors (Lipinski definition) is 4. The molecule has 86 valence electrons. The number of ether oxygens (including phenoxy) is 2. The highest BCUT2D eigenvalue weighted by molar-refractivity contribution is 5.90. The van der Waals surface area contributed by atoms with Gasteiger partial charge >= 0.3 is 11.9 Å². The Kier molecular flexibility index (Phi) is 2.68. The number of aromatic nitrogens is 1. The first-order valence-corrected chi connectivity index (χ1v) is 5.10. The Labute approximate surface area is 92.9 Å². The minimum absolute atomic E-state index is 0.182. The van der Waals surface area contributed by atoms with Gasteiger partial charge in [0.2, 0.25) is 6.10 Å². The molecule has 1 aromatic heterocycles. The zero-order chi connectivity index (χ0) is 11.7. The second kappa shape index (κ2) is 4.00. The molecule has 0 spiro atoms. The summed E-state index contributed by atoms with van der Waals surface area (Å²) in [6, 6.07) is 3.39. The maximum atomic E-state index is 11.7. The summed E-state index contributed by atoms with van der Waals surface area (Å²) in [5.41, 5.74) is 0.423. The standard InChI is InChI=1S/C11H13NO4/c1-7-6-9(11(14)15-7)16-10(13)8-4-3-5-12(8)2/h3-5,7,9H,6H2,1-2H3. The SMILES string of the molecule is CC1CC(OC(=O)c2cccn2C)C(=O)O1. The average molecular weight is 223 g/mol. The van der Waals surface area contributed by atoms with E-state index in [0.717, 1.165) is 0 Å². The molecule has 1 fully saturated rings. The minimum atomic E-state index is -0.766. The van der Waals surface area contributed by atoms with Gasteiger partial charge in [-0.1, -0.05) is 0 Å². The van der Waals surface area contributed by atoms with E-state index in [-0.39, 0.29) is 6.10 Å². The Morgan fingerprint density at radius 1 is 1.62 bits per heavy atom. The van der Waals surface area contributed by atoms with Crippen molar-refractivity contribution < 1.29 is 19.1 Å². The fourth-order valence-corrected chi connectivity index (χ4v) is 1.68. The lowest BCUT2D eigenvalue weighted by atomic mass is 10.2. The van der Waals surface area contributed by atoms with Crippen molar-refractivity contribution in [1.29, 1.82) is 0 Å². The van der Waals surface area contributed by atoms with Gasteiger partial charge in [-0.2, -0.15) is 0 Å². The number of carbonyl (C=O) groups is 2. The number of hydrogen-bond donors (Lipinski definition) is 0. The van der Waals surface area contributed by atoms with E-state index < -0.39 is 18.0 Å². The molecule has 1 aliphatic rings. The molecule has 0 amide bonds. The smallest absolute Gasteiger partial charge is 0.355 e. The monoisotopic (exact) mass is 223 g/mol. The predicted octanol–water partition coefficient (Wildman–Crippen LogP) is 0.886. The number of rotatable bonds is 2. The molecule has 2 unspecified atom stereocenters. The van der Waals surface area contributed by atoms with Crippen molar-refractivity contribution in [2.45, 2.75) is 25.6 Å². The van der Waals surface area contributed by atoms with Gasteiger partial charge in [0.1, 0.15) is 11.8 Å². The van der Waals surface area contributed by atoms with Gasteiger partial charge in [0.25, 0.3) is 0 Å². The summed E-state index contributed by atoms with van der Waals surface area (Å²) in [5.74, 6) is -0.960. The van der Waals surface area contributed by atoms with Crippen molar-refractivity contribution in [3.8, 4) is 0 Å². The van der Waals surface area contributed by atoms with Crippen LogP contribution in [0.25, 0.3) is 0 Å². The number of cyclic esters (lactones) is 1. The number of nitrogens with zero attached hydrogens (tertiary/aromatic N) is 1. The lowest BCUT2D eigenvalue weighted by Gasteiger charge is -2.08. The van der Waals surface area contributed by atoms with Gasteiger partial charge in [-0.25, -0.2) is 9.59 Å². The van der Waals surface area contributed by atoms with Crippen LogP contribution >= 0.6 is 0 Å². The molecule has 0 N–H and O–H groups in total. The van der Waals surface area contributed by atoms with E-state index in [4.69, 9.17) is 9.47 Å². The molecule has 0 saturated carbocycles. The van der Waals surface area contributed by atoms with Crippen LogP contribution in [-0.4, -0.2) is 28.7 Å². The maximum absolute atomic E-state index is 11.7. The second-order valence-electron chi connectivity index (χ2n) is 3.88. The van der Waals surface area contributed by atoms with Crippen molar-refractivity contribution in [1.82, 2.24) is 4.57 Å². The van der Waals surface area contributed by atoms with Crippen molar-refractivity contribution in [3.63, 3.8) is 0 Å². The summed E-state index contributed by atoms with van der Waals surface area (Å²) in [7, 11) is 1.74. The Balaban J connectivity index is 2.03. The fraction of sp³-hybridized carbons (Fsp3) is 0.455. The molecule has 0 aliphatic carbocycles. The summed E-state index contributed by atoms with van der Waals surface area (Å²) in [6.45, 7) is 1.77. The first-order valence-electron chi connectivity index (χ1n) is 5.10. The summed E-state index contributed by atoms with van der Waals surface area (Å²) in [6.07, 6.45) is 1.22. The quantitative estimate of drug-likeness (QED) is 0.698. The predicted molar refractivity (Wildman–Crippen MR) is 54.8 cm³/mol. The zero-order valence-corrected chi connectivity index (χ0v) is 9.17. The van der Waals surface area contributed by atoms with Crippen LogP contribution in [0, 0.1) is 0 Å². The first kappa shape index (κ1) is 10.7. The van der Waals surface area contributed by atoms with E-state index >= 15 is 0 Å². The van der Waals surface area contributed by atoms with E-state index in [1.807, 2.05) is 0 Å². The lowest BCUT2D eigenvalue weighted by Crippen LogP contribution is -2.23. The molecule has 16 heavy (non-hydrogen) atoms. The lowest BCUT2D eigenvalue weighted by molar-refractivity contribution is -0.147. The van der Waals surface area contributed by atoms with Crippen molar-refractivity contribution in [2.75, 3.05) is 0 Å². The van der Waals surface area contributed by atoms with Gasteiger partial charge in [0, 0.05) is 19.7 Å². The summed E-state index contributed by atoms with van der Waals surface area (Å²) >= 11 is 0. The molecule has 0 aromatic carbocycles. The molecule has 1 aliphatic heterocycles. The third-order valence-electron chi connectivity index (χ3n) is 2.53. The van der Waals surface area contributed by atoms with Crippen LogP contribution in [0.5, 0.6) is 0 Å².